The zero-order chi connectivity index (χ0) is 16.2. The molecule has 21 heavy (non-hydrogen) atoms. The standard InChI is InChI=1S/C11H13F2NO5S2/c1-2-3-6(10(16)17)14-9(15)8-7(4-5-20-8)21(18,19)11(12)13/h4-6,11H,2-3H2,1H3,(H,14,15)(H,16,17). The van der Waals surface area contributed by atoms with Gasteiger partial charge >= 0.3 is 11.7 Å². The largest absolute Gasteiger partial charge is 0.480 e. The Morgan fingerprint density at radius 1 is 1.43 bits per heavy atom. The van der Waals surface area contributed by atoms with Crippen molar-refractivity contribution in [3.63, 3.8) is 0 Å². The molecule has 0 radical (unpaired) electrons. The summed E-state index contributed by atoms with van der Waals surface area (Å²) in [5.41, 5.74) is 0. The van der Waals surface area contributed by atoms with E-state index in [0.29, 0.717) is 17.8 Å². The molecule has 6 nitrogen and oxygen atoms in total. The van der Waals surface area contributed by atoms with Crippen LogP contribution in [0.1, 0.15) is 29.4 Å². The van der Waals surface area contributed by atoms with E-state index in [1.165, 1.54) is 5.38 Å². The van der Waals surface area contributed by atoms with Crippen LogP contribution in [0.25, 0.3) is 0 Å². The molecule has 2 N–H and O–H groups in total. The quantitative estimate of drug-likeness (QED) is 0.786. The minimum absolute atomic E-state index is 0.142. The number of carbonyl (C=O) groups excluding carboxylic acids is 1. The lowest BCUT2D eigenvalue weighted by Gasteiger charge is -2.13. The van der Waals surface area contributed by atoms with Crippen molar-refractivity contribution in [3.05, 3.63) is 16.3 Å². The highest BCUT2D eigenvalue weighted by atomic mass is 32.2. The number of nitrogens with one attached hydrogen (secondary N) is 1. The number of hydrogen-bond donors (Lipinski definition) is 2. The molecule has 0 bridgehead atoms. The predicted octanol–water partition coefficient (Wildman–Crippen LogP) is 1.73. The van der Waals surface area contributed by atoms with E-state index in [2.05, 4.69) is 5.32 Å². The van der Waals surface area contributed by atoms with Crippen LogP contribution in [0.2, 0.25) is 0 Å². The van der Waals surface area contributed by atoms with Gasteiger partial charge in [-0.25, -0.2) is 13.2 Å². The lowest BCUT2D eigenvalue weighted by Crippen LogP contribution is -2.40. The molecule has 118 valence electrons. The van der Waals surface area contributed by atoms with Gasteiger partial charge < -0.3 is 10.4 Å². The molecule has 0 fully saturated rings. The minimum atomic E-state index is -4.91. The highest BCUT2D eigenvalue weighted by molar-refractivity contribution is 7.92. The summed E-state index contributed by atoms with van der Waals surface area (Å²) < 4.78 is 47.9. The van der Waals surface area contributed by atoms with Crippen molar-refractivity contribution < 1.29 is 31.9 Å². The molecule has 0 saturated carbocycles. The fourth-order valence-corrected chi connectivity index (χ4v) is 3.62. The molecular formula is C11H13F2NO5S2. The average molecular weight is 341 g/mol. The van der Waals surface area contributed by atoms with Gasteiger partial charge in [-0.1, -0.05) is 13.3 Å². The Balaban J connectivity index is 3.05. The predicted molar refractivity (Wildman–Crippen MR) is 71.3 cm³/mol. The Hall–Kier alpha value is -1.55. The van der Waals surface area contributed by atoms with Gasteiger partial charge in [0.05, 0.1) is 4.90 Å². The first-order chi connectivity index (χ1) is 9.71. The van der Waals surface area contributed by atoms with Gasteiger partial charge in [0.2, 0.25) is 9.84 Å². The van der Waals surface area contributed by atoms with Gasteiger partial charge in [-0.3, -0.25) is 4.79 Å². The highest BCUT2D eigenvalue weighted by Gasteiger charge is 2.33. The molecule has 1 amide bonds. The lowest BCUT2D eigenvalue weighted by atomic mass is 10.1. The third-order valence-corrected chi connectivity index (χ3v) is 5.02. The summed E-state index contributed by atoms with van der Waals surface area (Å²) in [7, 11) is -4.91. The Labute approximate surface area is 123 Å². The molecule has 0 spiro atoms. The van der Waals surface area contributed by atoms with Gasteiger partial charge in [0.15, 0.2) is 0 Å². The van der Waals surface area contributed by atoms with Crippen molar-refractivity contribution in [3.8, 4) is 0 Å². The number of hydrogen-bond acceptors (Lipinski definition) is 5. The van der Waals surface area contributed by atoms with Gasteiger partial charge in [-0.05, 0) is 17.9 Å². The topological polar surface area (TPSA) is 101 Å². The second-order valence-corrected chi connectivity index (χ2v) is 6.87. The van der Waals surface area contributed by atoms with E-state index in [1.807, 2.05) is 0 Å². The number of carbonyl (C=O) groups is 2. The number of rotatable bonds is 7. The van der Waals surface area contributed by atoms with Crippen molar-refractivity contribution in [1.82, 2.24) is 5.32 Å². The first-order valence-corrected chi connectivity index (χ1v) is 8.27. The third kappa shape index (κ3) is 3.97. The molecular weight excluding hydrogens is 328 g/mol. The van der Waals surface area contributed by atoms with Crippen LogP contribution < -0.4 is 5.32 Å². The molecule has 1 atom stereocenters. The summed E-state index contributed by atoms with van der Waals surface area (Å²) in [4.78, 5) is 21.6. The first-order valence-electron chi connectivity index (χ1n) is 5.85. The van der Waals surface area contributed by atoms with Gasteiger partial charge in [-0.15, -0.1) is 11.3 Å². The van der Waals surface area contributed by atoms with Crippen molar-refractivity contribution in [2.24, 2.45) is 0 Å². The number of halogens is 2. The molecule has 1 heterocycles. The van der Waals surface area contributed by atoms with Gasteiger partial charge in [-0.2, -0.15) is 8.78 Å². The Kier molecular flexibility index (Phi) is 5.78. The van der Waals surface area contributed by atoms with Crippen molar-refractivity contribution >= 4 is 33.1 Å². The summed E-state index contributed by atoms with van der Waals surface area (Å²) >= 11 is 0.656. The fraction of sp³-hybridized carbons (Fsp3) is 0.455. The maximum atomic E-state index is 12.5. The summed E-state index contributed by atoms with van der Waals surface area (Å²) in [6.45, 7) is 1.71. The normalized spacial score (nSPS) is 13.1. The van der Waals surface area contributed by atoms with Gasteiger partial charge in [0, 0.05) is 0 Å². The summed E-state index contributed by atoms with van der Waals surface area (Å²) in [5, 5.41) is 12.2. The van der Waals surface area contributed by atoms with E-state index >= 15 is 0 Å². The summed E-state index contributed by atoms with van der Waals surface area (Å²) in [6.07, 6.45) is 0.618. The van der Waals surface area contributed by atoms with E-state index in [1.54, 1.807) is 6.92 Å². The van der Waals surface area contributed by atoms with E-state index in [-0.39, 0.29) is 6.42 Å². The first kappa shape index (κ1) is 17.5. The summed E-state index contributed by atoms with van der Waals surface area (Å²) in [5.74, 6) is -5.92. The molecule has 0 saturated heterocycles. The van der Waals surface area contributed by atoms with Crippen LogP contribution in [0.5, 0.6) is 0 Å². The van der Waals surface area contributed by atoms with E-state index in [0.717, 1.165) is 6.07 Å². The molecule has 1 unspecified atom stereocenters. The molecule has 1 aromatic heterocycles. The van der Waals surface area contributed by atoms with Crippen molar-refractivity contribution in [2.45, 2.75) is 36.5 Å². The maximum Gasteiger partial charge on any atom is 0.341 e. The zero-order valence-electron chi connectivity index (χ0n) is 10.9. The minimum Gasteiger partial charge on any atom is -0.480 e. The number of sulfone groups is 1. The number of aliphatic carboxylic acids is 1. The molecule has 1 aromatic rings. The van der Waals surface area contributed by atoms with E-state index in [4.69, 9.17) is 5.11 Å². The van der Waals surface area contributed by atoms with Crippen molar-refractivity contribution in [2.75, 3.05) is 0 Å². The zero-order valence-corrected chi connectivity index (χ0v) is 12.5. The monoisotopic (exact) mass is 341 g/mol. The van der Waals surface area contributed by atoms with Crippen LogP contribution in [0.15, 0.2) is 16.3 Å². The van der Waals surface area contributed by atoms with Crippen LogP contribution in [-0.4, -0.2) is 37.2 Å². The number of amides is 1. The number of thiophene rings is 1. The SMILES string of the molecule is CCCC(NC(=O)c1sccc1S(=O)(=O)C(F)F)C(=O)O. The fourth-order valence-electron chi connectivity index (χ4n) is 1.55. The highest BCUT2D eigenvalue weighted by Crippen LogP contribution is 2.26. The second-order valence-electron chi connectivity index (χ2n) is 4.07. The number of carboxylic acids is 1. The van der Waals surface area contributed by atoms with Crippen LogP contribution >= 0.6 is 11.3 Å². The molecule has 0 aliphatic heterocycles. The Morgan fingerprint density at radius 2 is 2.05 bits per heavy atom. The molecule has 10 heteroatoms. The molecule has 1 rings (SSSR count). The Morgan fingerprint density at radius 3 is 2.52 bits per heavy atom. The van der Waals surface area contributed by atoms with Crippen LogP contribution in [-0.2, 0) is 14.6 Å². The maximum absolute atomic E-state index is 12.5. The third-order valence-electron chi connectivity index (χ3n) is 2.56. The second kappa shape index (κ2) is 6.94. The van der Waals surface area contributed by atoms with Crippen LogP contribution in [0, 0.1) is 0 Å². The van der Waals surface area contributed by atoms with Crippen molar-refractivity contribution in [1.29, 1.82) is 0 Å². The molecule has 0 aromatic carbocycles. The van der Waals surface area contributed by atoms with Gasteiger partial charge in [0.25, 0.3) is 5.91 Å². The number of alkyl halides is 2. The average Bonchev–Trinajstić information content (AvgIpc) is 2.87. The Bertz CT molecular complexity index is 626. The van der Waals surface area contributed by atoms with Crippen LogP contribution in [0.4, 0.5) is 8.78 Å². The number of carboxylic acid groups (broad SMARTS) is 1. The van der Waals surface area contributed by atoms with E-state index < -0.39 is 43.3 Å². The lowest BCUT2D eigenvalue weighted by molar-refractivity contribution is -0.139. The molecule has 0 aliphatic rings. The van der Waals surface area contributed by atoms with Crippen LogP contribution in [0.3, 0.4) is 0 Å². The van der Waals surface area contributed by atoms with E-state index in [9.17, 15) is 26.8 Å². The molecule has 0 aliphatic carbocycles. The van der Waals surface area contributed by atoms with Gasteiger partial charge in [0.1, 0.15) is 10.9 Å². The smallest absolute Gasteiger partial charge is 0.341 e. The summed E-state index contributed by atoms with van der Waals surface area (Å²) in [6, 6.07) is -0.303.